The molecule has 0 radical (unpaired) electrons. The largest absolute Gasteiger partial charge is 0.491 e. The molecular weight excluding hydrogens is 451 g/mol. The molecule has 0 N–H and O–H groups in total. The van der Waals surface area contributed by atoms with E-state index in [2.05, 4.69) is 11.4 Å². The average Bonchev–Trinajstić information content (AvgIpc) is 3.54. The van der Waals surface area contributed by atoms with Gasteiger partial charge in [-0.2, -0.15) is 0 Å². The van der Waals surface area contributed by atoms with E-state index < -0.39 is 5.82 Å². The van der Waals surface area contributed by atoms with Crippen molar-refractivity contribution in [2.75, 3.05) is 26.2 Å². The first-order valence-electron chi connectivity index (χ1n) is 11.7. The average molecular weight is 479 g/mol. The predicted octanol–water partition coefficient (Wildman–Crippen LogP) is 4.94. The van der Waals surface area contributed by atoms with Crippen molar-refractivity contribution in [3.63, 3.8) is 0 Å². The van der Waals surface area contributed by atoms with Gasteiger partial charge in [-0.15, -0.1) is 11.3 Å². The molecular formula is C27H27FN2O3S. The van der Waals surface area contributed by atoms with Gasteiger partial charge >= 0.3 is 0 Å². The van der Waals surface area contributed by atoms with E-state index in [1.807, 2.05) is 35.2 Å². The first-order valence-corrected chi connectivity index (χ1v) is 12.5. The number of hydrogen-bond donors (Lipinski definition) is 0. The van der Waals surface area contributed by atoms with Crippen LogP contribution in [0.2, 0.25) is 0 Å². The van der Waals surface area contributed by atoms with Crippen molar-refractivity contribution < 1.29 is 18.7 Å². The van der Waals surface area contributed by atoms with Crippen LogP contribution < -0.4 is 4.74 Å². The molecule has 0 spiro atoms. The zero-order chi connectivity index (χ0) is 23.5. The number of carbonyl (C=O) groups is 2. The molecule has 0 saturated heterocycles. The highest BCUT2D eigenvalue weighted by molar-refractivity contribution is 7.10. The van der Waals surface area contributed by atoms with E-state index in [0.717, 1.165) is 30.6 Å². The number of thiophene rings is 1. The Morgan fingerprint density at radius 3 is 2.68 bits per heavy atom. The van der Waals surface area contributed by atoms with E-state index >= 15 is 0 Å². The highest BCUT2D eigenvalue weighted by Gasteiger charge is 2.35. The van der Waals surface area contributed by atoms with Crippen molar-refractivity contribution in [1.29, 1.82) is 0 Å². The third kappa shape index (κ3) is 5.14. The highest BCUT2D eigenvalue weighted by atomic mass is 32.1. The van der Waals surface area contributed by atoms with Crippen LogP contribution in [0.3, 0.4) is 0 Å². The first kappa shape index (κ1) is 22.6. The lowest BCUT2D eigenvalue weighted by Crippen LogP contribution is -2.48. The maximum absolute atomic E-state index is 13.7. The Balaban J connectivity index is 1.34. The number of nitrogens with zero attached hydrogens (tertiary/aromatic N) is 2. The summed E-state index contributed by atoms with van der Waals surface area (Å²) in [5.41, 5.74) is 1.39. The SMILES string of the molecule is O=C(c1cccc(F)c1)N(CC(=O)N1CCc2sccc2[C@H]1COc1ccccc1)CC1CC1. The molecule has 3 aromatic rings. The zero-order valence-electron chi connectivity index (χ0n) is 18.9. The first-order chi connectivity index (χ1) is 16.6. The van der Waals surface area contributed by atoms with Gasteiger partial charge in [-0.3, -0.25) is 9.59 Å². The van der Waals surface area contributed by atoms with Crippen molar-refractivity contribution in [2.24, 2.45) is 5.92 Å². The number of para-hydroxylation sites is 1. The van der Waals surface area contributed by atoms with Crippen molar-refractivity contribution in [1.82, 2.24) is 9.80 Å². The van der Waals surface area contributed by atoms with Crippen LogP contribution in [0.4, 0.5) is 4.39 Å². The molecule has 1 aromatic heterocycles. The molecule has 0 unspecified atom stereocenters. The smallest absolute Gasteiger partial charge is 0.254 e. The number of rotatable bonds is 8. The molecule has 1 aliphatic carbocycles. The molecule has 2 heterocycles. The number of halogens is 1. The van der Waals surface area contributed by atoms with Gasteiger partial charge in [0.05, 0.1) is 6.04 Å². The molecule has 1 saturated carbocycles. The van der Waals surface area contributed by atoms with Crippen LogP contribution in [0.25, 0.3) is 0 Å². The number of fused-ring (bicyclic) bond motifs is 1. The van der Waals surface area contributed by atoms with Crippen molar-refractivity contribution in [3.05, 3.63) is 87.9 Å². The molecule has 5 nitrogen and oxygen atoms in total. The number of ether oxygens (including phenoxy) is 1. The summed E-state index contributed by atoms with van der Waals surface area (Å²) >= 11 is 1.71. The number of carbonyl (C=O) groups excluding carboxylic acids is 2. The van der Waals surface area contributed by atoms with Gasteiger partial charge in [-0.25, -0.2) is 4.39 Å². The molecule has 5 rings (SSSR count). The van der Waals surface area contributed by atoms with Crippen molar-refractivity contribution in [2.45, 2.75) is 25.3 Å². The van der Waals surface area contributed by atoms with Crippen molar-refractivity contribution >= 4 is 23.2 Å². The Hall–Kier alpha value is -3.19. The van der Waals surface area contributed by atoms with Crippen LogP contribution in [0.1, 0.15) is 39.7 Å². The quantitative estimate of drug-likeness (QED) is 0.461. The monoisotopic (exact) mass is 478 g/mol. The van der Waals surface area contributed by atoms with Gasteiger partial charge in [-0.05, 0) is 72.5 Å². The minimum Gasteiger partial charge on any atom is -0.491 e. The summed E-state index contributed by atoms with van der Waals surface area (Å²) in [5.74, 6) is 0.304. The van der Waals surface area contributed by atoms with E-state index in [4.69, 9.17) is 4.74 Å². The van der Waals surface area contributed by atoms with Gasteiger partial charge in [0.15, 0.2) is 0 Å². The molecule has 7 heteroatoms. The third-order valence-electron chi connectivity index (χ3n) is 6.43. The summed E-state index contributed by atoms with van der Waals surface area (Å²) in [6, 6.07) is 17.1. The second kappa shape index (κ2) is 9.97. The van der Waals surface area contributed by atoms with Crippen LogP contribution in [0, 0.1) is 11.7 Å². The minimum absolute atomic E-state index is 0.0207. The molecule has 1 fully saturated rings. The zero-order valence-corrected chi connectivity index (χ0v) is 19.7. The Kier molecular flexibility index (Phi) is 6.63. The lowest BCUT2D eigenvalue weighted by atomic mass is 10.0. The summed E-state index contributed by atoms with van der Waals surface area (Å²) in [6.07, 6.45) is 2.90. The van der Waals surface area contributed by atoms with Gasteiger partial charge in [0.1, 0.15) is 24.7 Å². The maximum Gasteiger partial charge on any atom is 0.254 e. The number of hydrogen-bond acceptors (Lipinski definition) is 4. The van der Waals surface area contributed by atoms with E-state index in [9.17, 15) is 14.0 Å². The number of benzene rings is 2. The van der Waals surface area contributed by atoms with Crippen LogP contribution in [0.15, 0.2) is 66.0 Å². The fraction of sp³-hybridized carbons (Fsp3) is 0.333. The maximum atomic E-state index is 13.7. The highest BCUT2D eigenvalue weighted by Crippen LogP contribution is 2.35. The molecule has 1 aliphatic heterocycles. The molecule has 1 atom stereocenters. The molecule has 2 aromatic carbocycles. The number of amides is 2. The van der Waals surface area contributed by atoms with E-state index in [0.29, 0.717) is 25.6 Å². The standard InChI is InChI=1S/C27H27FN2O3S/c28-21-6-4-5-20(15-21)27(32)29(16-19-9-10-19)17-26(31)30-13-11-25-23(12-14-34-25)24(30)18-33-22-7-2-1-3-8-22/h1-8,12,14-15,19,24H,9-11,13,16-18H2/t24-/m1/s1. The van der Waals surface area contributed by atoms with Crippen LogP contribution in [-0.4, -0.2) is 47.9 Å². The van der Waals surface area contributed by atoms with Crippen LogP contribution in [-0.2, 0) is 11.2 Å². The minimum atomic E-state index is -0.456. The van der Waals surface area contributed by atoms with Crippen molar-refractivity contribution in [3.8, 4) is 5.75 Å². The molecule has 176 valence electrons. The fourth-order valence-electron chi connectivity index (χ4n) is 4.46. The topological polar surface area (TPSA) is 49.9 Å². The van der Waals surface area contributed by atoms with Crippen LogP contribution >= 0.6 is 11.3 Å². The van der Waals surface area contributed by atoms with Gasteiger partial charge in [0.2, 0.25) is 5.91 Å². The Morgan fingerprint density at radius 1 is 1.09 bits per heavy atom. The van der Waals surface area contributed by atoms with Gasteiger partial charge in [0, 0.05) is 23.5 Å². The van der Waals surface area contributed by atoms with E-state index in [-0.39, 0.29) is 30.0 Å². The second-order valence-electron chi connectivity index (χ2n) is 8.92. The van der Waals surface area contributed by atoms with Crippen LogP contribution in [0.5, 0.6) is 5.75 Å². The molecule has 34 heavy (non-hydrogen) atoms. The van der Waals surface area contributed by atoms with Gasteiger partial charge in [0.25, 0.3) is 5.91 Å². The second-order valence-corrected chi connectivity index (χ2v) is 9.92. The molecule has 2 aliphatic rings. The Labute approximate surface area is 202 Å². The lowest BCUT2D eigenvalue weighted by Gasteiger charge is -2.37. The summed E-state index contributed by atoms with van der Waals surface area (Å²) in [4.78, 5) is 31.5. The summed E-state index contributed by atoms with van der Waals surface area (Å²) in [6.45, 7) is 1.43. The van der Waals surface area contributed by atoms with E-state index in [1.54, 1.807) is 22.3 Å². The van der Waals surface area contributed by atoms with E-state index in [1.165, 1.54) is 23.1 Å². The summed E-state index contributed by atoms with van der Waals surface area (Å²) in [5, 5.41) is 2.06. The normalized spacial score (nSPS) is 17.2. The summed E-state index contributed by atoms with van der Waals surface area (Å²) < 4.78 is 19.8. The molecule has 0 bridgehead atoms. The molecule has 2 amide bonds. The Bertz CT molecular complexity index is 1160. The third-order valence-corrected chi connectivity index (χ3v) is 7.42. The summed E-state index contributed by atoms with van der Waals surface area (Å²) in [7, 11) is 0. The van der Waals surface area contributed by atoms with Gasteiger partial charge in [-0.1, -0.05) is 24.3 Å². The predicted molar refractivity (Wildman–Crippen MR) is 129 cm³/mol. The van der Waals surface area contributed by atoms with Gasteiger partial charge < -0.3 is 14.5 Å². The Morgan fingerprint density at radius 2 is 1.91 bits per heavy atom. The lowest BCUT2D eigenvalue weighted by molar-refractivity contribution is -0.135. The fourth-order valence-corrected chi connectivity index (χ4v) is 5.38.